The molecule has 0 atom stereocenters. The van der Waals surface area contributed by atoms with Crippen molar-refractivity contribution in [2.75, 3.05) is 5.73 Å². The van der Waals surface area contributed by atoms with Crippen LogP contribution in [0.15, 0.2) is 83.6 Å². The van der Waals surface area contributed by atoms with E-state index >= 15 is 0 Å². The first-order valence-electron chi connectivity index (χ1n) is 7.64. The molecule has 2 N–H and O–H groups in total. The zero-order chi connectivity index (χ0) is 16.4. The van der Waals surface area contributed by atoms with Gasteiger partial charge >= 0.3 is 0 Å². The van der Waals surface area contributed by atoms with Crippen LogP contribution in [0, 0.1) is 0 Å². The number of pyridine rings is 1. The molecule has 0 unspecified atom stereocenters. The lowest BCUT2D eigenvalue weighted by Crippen LogP contribution is -1.88. The molecule has 0 radical (unpaired) electrons. The summed E-state index contributed by atoms with van der Waals surface area (Å²) in [6, 6.07) is 22.3. The van der Waals surface area contributed by atoms with Crippen LogP contribution in [-0.2, 0) is 0 Å². The Balaban J connectivity index is 1.76. The predicted molar refractivity (Wildman–Crippen MR) is 95.0 cm³/mol. The van der Waals surface area contributed by atoms with Gasteiger partial charge in [0.15, 0.2) is 0 Å². The van der Waals surface area contributed by atoms with Gasteiger partial charge in [-0.05, 0) is 28.8 Å². The quantitative estimate of drug-likeness (QED) is 0.598. The van der Waals surface area contributed by atoms with Gasteiger partial charge in [0.2, 0.25) is 5.88 Å². The Labute approximate surface area is 139 Å². The highest BCUT2D eigenvalue weighted by molar-refractivity contribution is 5.87. The normalized spacial score (nSPS) is 10.7. The van der Waals surface area contributed by atoms with Crippen LogP contribution in [-0.4, -0.2) is 10.1 Å². The minimum atomic E-state index is 0.309. The van der Waals surface area contributed by atoms with Crippen LogP contribution >= 0.6 is 0 Å². The van der Waals surface area contributed by atoms with Crippen molar-refractivity contribution in [3.63, 3.8) is 0 Å². The monoisotopic (exact) mass is 313 g/mol. The number of benzene rings is 2. The Morgan fingerprint density at radius 1 is 0.667 bits per heavy atom. The molecular formula is C20H15N3O. The van der Waals surface area contributed by atoms with Crippen molar-refractivity contribution >= 4 is 5.88 Å². The maximum absolute atomic E-state index is 5.98. The highest BCUT2D eigenvalue weighted by atomic mass is 16.5. The van der Waals surface area contributed by atoms with E-state index in [1.165, 1.54) is 5.56 Å². The molecule has 0 saturated carbocycles. The molecule has 0 aliphatic rings. The number of rotatable bonds is 3. The van der Waals surface area contributed by atoms with E-state index < -0.39 is 0 Å². The zero-order valence-electron chi connectivity index (χ0n) is 12.9. The molecule has 0 aliphatic heterocycles. The molecule has 0 saturated heterocycles. The molecule has 4 heteroatoms. The lowest BCUT2D eigenvalue weighted by Gasteiger charge is -2.05. The first-order valence-corrected chi connectivity index (χ1v) is 7.64. The first-order chi connectivity index (χ1) is 11.8. The van der Waals surface area contributed by atoms with E-state index in [1.807, 2.05) is 42.5 Å². The maximum Gasteiger partial charge on any atom is 0.230 e. The molecule has 0 bridgehead atoms. The Kier molecular flexibility index (Phi) is 3.56. The van der Waals surface area contributed by atoms with E-state index in [0.29, 0.717) is 5.88 Å². The average molecular weight is 313 g/mol. The molecule has 2 aromatic carbocycles. The second-order valence-corrected chi connectivity index (χ2v) is 5.45. The van der Waals surface area contributed by atoms with E-state index in [9.17, 15) is 0 Å². The topological polar surface area (TPSA) is 64.9 Å². The van der Waals surface area contributed by atoms with E-state index in [-0.39, 0.29) is 0 Å². The third kappa shape index (κ3) is 2.54. The third-order valence-electron chi connectivity index (χ3n) is 3.95. The van der Waals surface area contributed by atoms with Gasteiger partial charge in [-0.3, -0.25) is 4.98 Å². The molecule has 2 heterocycles. The highest BCUT2D eigenvalue weighted by Crippen LogP contribution is 2.36. The Morgan fingerprint density at radius 2 is 1.29 bits per heavy atom. The Hall–Kier alpha value is -3.40. The van der Waals surface area contributed by atoms with E-state index in [2.05, 4.69) is 34.4 Å². The molecule has 0 aliphatic carbocycles. The summed E-state index contributed by atoms with van der Waals surface area (Å²) in [5.41, 5.74) is 11.7. The van der Waals surface area contributed by atoms with E-state index in [1.54, 1.807) is 12.4 Å². The molecule has 4 aromatic rings. The molecule has 2 aromatic heterocycles. The van der Waals surface area contributed by atoms with Crippen molar-refractivity contribution in [3.8, 4) is 33.5 Å². The summed E-state index contributed by atoms with van der Waals surface area (Å²) in [5.74, 6) is 0.309. The lowest BCUT2D eigenvalue weighted by atomic mass is 9.99. The summed E-state index contributed by atoms with van der Waals surface area (Å²) < 4.78 is 5.23. The molecule has 24 heavy (non-hydrogen) atoms. The second-order valence-electron chi connectivity index (χ2n) is 5.45. The van der Waals surface area contributed by atoms with Gasteiger partial charge in [0, 0.05) is 18.0 Å². The van der Waals surface area contributed by atoms with Crippen LogP contribution in [0.2, 0.25) is 0 Å². The number of anilines is 1. The zero-order valence-corrected chi connectivity index (χ0v) is 12.9. The summed E-state index contributed by atoms with van der Waals surface area (Å²) >= 11 is 0. The molecular weight excluding hydrogens is 298 g/mol. The smallest absolute Gasteiger partial charge is 0.230 e. The highest BCUT2D eigenvalue weighted by Gasteiger charge is 2.17. The summed E-state index contributed by atoms with van der Waals surface area (Å²) in [7, 11) is 0. The summed E-state index contributed by atoms with van der Waals surface area (Å²) in [6.45, 7) is 0. The number of nitrogens with zero attached hydrogens (tertiary/aromatic N) is 2. The van der Waals surface area contributed by atoms with Gasteiger partial charge < -0.3 is 10.3 Å². The number of aromatic nitrogens is 2. The summed E-state index contributed by atoms with van der Waals surface area (Å²) in [4.78, 5) is 4.04. The van der Waals surface area contributed by atoms with Gasteiger partial charge in [-0.1, -0.05) is 59.8 Å². The van der Waals surface area contributed by atoms with Gasteiger partial charge in [-0.2, -0.15) is 0 Å². The minimum Gasteiger partial charge on any atom is -0.367 e. The van der Waals surface area contributed by atoms with Crippen LogP contribution in [0.1, 0.15) is 0 Å². The van der Waals surface area contributed by atoms with Crippen LogP contribution in [0.25, 0.3) is 33.5 Å². The average Bonchev–Trinajstić information content (AvgIpc) is 3.05. The maximum atomic E-state index is 5.98. The summed E-state index contributed by atoms with van der Waals surface area (Å²) in [5, 5.41) is 4.14. The van der Waals surface area contributed by atoms with Crippen molar-refractivity contribution in [2.45, 2.75) is 0 Å². The van der Waals surface area contributed by atoms with E-state index in [4.69, 9.17) is 10.3 Å². The van der Waals surface area contributed by atoms with Crippen molar-refractivity contribution in [1.82, 2.24) is 10.1 Å². The molecule has 4 rings (SSSR count). The van der Waals surface area contributed by atoms with Crippen LogP contribution < -0.4 is 5.73 Å². The van der Waals surface area contributed by atoms with Crippen molar-refractivity contribution < 1.29 is 4.52 Å². The standard InChI is InChI=1S/C20H15N3O/c21-20-18(16-10-12-22-13-11-16)19(23-24-20)17-8-6-15(7-9-17)14-4-2-1-3-5-14/h1-13H,21H2. The van der Waals surface area contributed by atoms with Crippen LogP contribution in [0.4, 0.5) is 5.88 Å². The van der Waals surface area contributed by atoms with Gasteiger partial charge in [0.05, 0.1) is 5.56 Å². The van der Waals surface area contributed by atoms with Crippen molar-refractivity contribution in [2.24, 2.45) is 0 Å². The Morgan fingerprint density at radius 3 is 2.00 bits per heavy atom. The number of nitrogens with two attached hydrogens (primary N) is 1. The summed E-state index contributed by atoms with van der Waals surface area (Å²) in [6.07, 6.45) is 3.45. The minimum absolute atomic E-state index is 0.309. The molecule has 0 fully saturated rings. The fourth-order valence-electron chi connectivity index (χ4n) is 2.75. The molecule has 0 amide bonds. The van der Waals surface area contributed by atoms with Crippen molar-refractivity contribution in [3.05, 3.63) is 79.1 Å². The largest absolute Gasteiger partial charge is 0.367 e. The number of nitrogen functional groups attached to an aromatic ring is 1. The van der Waals surface area contributed by atoms with Gasteiger partial charge in [-0.25, -0.2) is 0 Å². The SMILES string of the molecule is Nc1onc(-c2ccc(-c3ccccc3)cc2)c1-c1ccncc1. The fraction of sp³-hybridized carbons (Fsp3) is 0. The van der Waals surface area contributed by atoms with Crippen LogP contribution in [0.5, 0.6) is 0 Å². The van der Waals surface area contributed by atoms with Gasteiger partial charge in [-0.15, -0.1) is 0 Å². The third-order valence-corrected chi connectivity index (χ3v) is 3.95. The van der Waals surface area contributed by atoms with Gasteiger partial charge in [0.25, 0.3) is 0 Å². The predicted octanol–water partition coefficient (Wildman–Crippen LogP) is 4.65. The molecule has 0 spiro atoms. The molecule has 4 nitrogen and oxygen atoms in total. The van der Waals surface area contributed by atoms with Crippen LogP contribution in [0.3, 0.4) is 0 Å². The number of hydrogen-bond donors (Lipinski definition) is 1. The van der Waals surface area contributed by atoms with E-state index in [0.717, 1.165) is 27.9 Å². The fourth-order valence-corrected chi connectivity index (χ4v) is 2.75. The molecule has 116 valence electrons. The lowest BCUT2D eigenvalue weighted by molar-refractivity contribution is 0.439. The van der Waals surface area contributed by atoms with Crippen molar-refractivity contribution in [1.29, 1.82) is 0 Å². The Bertz CT molecular complexity index is 945. The second kappa shape index (κ2) is 6.01. The number of hydrogen-bond acceptors (Lipinski definition) is 4. The first kappa shape index (κ1) is 14.2. The van der Waals surface area contributed by atoms with Gasteiger partial charge in [0.1, 0.15) is 5.69 Å².